The van der Waals surface area contributed by atoms with Crippen molar-refractivity contribution in [3.8, 4) is 5.75 Å². The van der Waals surface area contributed by atoms with Crippen LogP contribution < -0.4 is 10.1 Å². The molecule has 0 heterocycles. The molecule has 3 nitrogen and oxygen atoms in total. The molecule has 0 saturated carbocycles. The Hall–Kier alpha value is -1.78. The van der Waals surface area contributed by atoms with Crippen LogP contribution in [0.15, 0.2) is 48.5 Å². The van der Waals surface area contributed by atoms with Crippen molar-refractivity contribution in [3.63, 3.8) is 0 Å². The molecular formula is C15H15ClFNO2. The normalized spacial score (nSPS) is 11.9. The van der Waals surface area contributed by atoms with Crippen molar-refractivity contribution >= 4 is 17.3 Å². The highest BCUT2D eigenvalue weighted by Gasteiger charge is 2.08. The Balaban J connectivity index is 1.80. The number of rotatable bonds is 6. The van der Waals surface area contributed by atoms with Gasteiger partial charge in [0.25, 0.3) is 0 Å². The molecule has 106 valence electrons. The summed E-state index contributed by atoms with van der Waals surface area (Å²) >= 11 is 5.93. The minimum absolute atomic E-state index is 0.0746. The molecule has 20 heavy (non-hydrogen) atoms. The molecule has 0 aromatic heterocycles. The van der Waals surface area contributed by atoms with Gasteiger partial charge in [0.15, 0.2) is 0 Å². The van der Waals surface area contributed by atoms with Crippen molar-refractivity contribution < 1.29 is 14.2 Å². The lowest BCUT2D eigenvalue weighted by molar-refractivity contribution is 0.117. The molecule has 0 radical (unpaired) electrons. The van der Waals surface area contributed by atoms with Crippen molar-refractivity contribution in [1.82, 2.24) is 0 Å². The number of aliphatic hydroxyl groups excluding tert-OH is 1. The molecule has 5 heteroatoms. The summed E-state index contributed by atoms with van der Waals surface area (Å²) in [5, 5.41) is 13.1. The van der Waals surface area contributed by atoms with Gasteiger partial charge in [0.05, 0.1) is 10.7 Å². The third kappa shape index (κ3) is 4.11. The van der Waals surface area contributed by atoms with E-state index in [1.165, 1.54) is 6.07 Å². The summed E-state index contributed by atoms with van der Waals surface area (Å²) in [5.41, 5.74) is 0.351. The average molecular weight is 296 g/mol. The monoisotopic (exact) mass is 295 g/mol. The summed E-state index contributed by atoms with van der Waals surface area (Å²) < 4.78 is 18.8. The molecule has 0 spiro atoms. The number of para-hydroxylation sites is 2. The lowest BCUT2D eigenvalue weighted by Crippen LogP contribution is -2.26. The van der Waals surface area contributed by atoms with E-state index in [4.69, 9.17) is 16.3 Å². The van der Waals surface area contributed by atoms with E-state index in [9.17, 15) is 9.50 Å². The van der Waals surface area contributed by atoms with E-state index in [2.05, 4.69) is 5.32 Å². The molecule has 1 atom stereocenters. The maximum Gasteiger partial charge on any atom is 0.146 e. The zero-order chi connectivity index (χ0) is 14.4. The summed E-state index contributed by atoms with van der Waals surface area (Å²) in [4.78, 5) is 0. The number of hydrogen-bond acceptors (Lipinski definition) is 3. The van der Waals surface area contributed by atoms with E-state index >= 15 is 0 Å². The Morgan fingerprint density at radius 2 is 1.85 bits per heavy atom. The van der Waals surface area contributed by atoms with E-state index in [1.54, 1.807) is 42.5 Å². The minimum Gasteiger partial charge on any atom is -0.489 e. The Morgan fingerprint density at radius 1 is 1.15 bits per heavy atom. The van der Waals surface area contributed by atoms with Crippen LogP contribution in [0.1, 0.15) is 0 Å². The van der Waals surface area contributed by atoms with Gasteiger partial charge in [-0.3, -0.25) is 0 Å². The van der Waals surface area contributed by atoms with Crippen molar-refractivity contribution in [1.29, 1.82) is 0 Å². The second-order valence-corrected chi connectivity index (χ2v) is 4.66. The Kier molecular flexibility index (Phi) is 5.21. The SMILES string of the molecule is OC(CNc1ccccc1F)COc1ccccc1Cl. The van der Waals surface area contributed by atoms with Gasteiger partial charge in [0.2, 0.25) is 0 Å². The molecule has 1 unspecified atom stereocenters. The quantitative estimate of drug-likeness (QED) is 0.859. The summed E-state index contributed by atoms with van der Waals surface area (Å²) in [6.07, 6.45) is -0.772. The van der Waals surface area contributed by atoms with Crippen molar-refractivity contribution in [2.45, 2.75) is 6.10 Å². The van der Waals surface area contributed by atoms with E-state index in [0.717, 1.165) is 0 Å². The fraction of sp³-hybridized carbons (Fsp3) is 0.200. The topological polar surface area (TPSA) is 41.5 Å². The summed E-state index contributed by atoms with van der Waals surface area (Å²) in [5.74, 6) is 0.158. The predicted octanol–water partition coefficient (Wildman–Crippen LogP) is 3.33. The lowest BCUT2D eigenvalue weighted by Gasteiger charge is -2.15. The molecular weight excluding hydrogens is 281 g/mol. The summed E-state index contributed by atoms with van der Waals surface area (Å²) in [7, 11) is 0. The first-order valence-electron chi connectivity index (χ1n) is 6.20. The van der Waals surface area contributed by atoms with Crippen molar-refractivity contribution in [3.05, 3.63) is 59.4 Å². The van der Waals surface area contributed by atoms with Crippen LogP contribution >= 0.6 is 11.6 Å². The average Bonchev–Trinajstić information content (AvgIpc) is 2.45. The largest absolute Gasteiger partial charge is 0.489 e. The van der Waals surface area contributed by atoms with E-state index in [1.807, 2.05) is 0 Å². The zero-order valence-electron chi connectivity index (χ0n) is 10.7. The standard InChI is InChI=1S/C15H15ClFNO2/c16-12-5-1-4-8-15(12)20-10-11(19)9-18-14-7-3-2-6-13(14)17/h1-8,11,18-19H,9-10H2. The summed E-state index contributed by atoms with van der Waals surface area (Å²) in [6.45, 7) is 0.260. The number of aliphatic hydroxyl groups is 1. The van der Waals surface area contributed by atoms with Gasteiger partial charge in [-0.15, -0.1) is 0 Å². The van der Waals surface area contributed by atoms with Crippen LogP contribution in [-0.4, -0.2) is 24.4 Å². The van der Waals surface area contributed by atoms with E-state index in [0.29, 0.717) is 16.5 Å². The number of ether oxygens (including phenoxy) is 1. The van der Waals surface area contributed by atoms with E-state index < -0.39 is 6.10 Å². The maximum atomic E-state index is 13.4. The highest BCUT2D eigenvalue weighted by molar-refractivity contribution is 6.32. The number of hydrogen-bond donors (Lipinski definition) is 2. The van der Waals surface area contributed by atoms with Gasteiger partial charge in [0, 0.05) is 6.54 Å². The van der Waals surface area contributed by atoms with Crippen LogP contribution in [0, 0.1) is 5.82 Å². The van der Waals surface area contributed by atoms with Gasteiger partial charge in [-0.2, -0.15) is 0 Å². The second kappa shape index (κ2) is 7.12. The maximum absolute atomic E-state index is 13.4. The van der Waals surface area contributed by atoms with Crippen LogP contribution in [0.4, 0.5) is 10.1 Å². The molecule has 2 aromatic carbocycles. The first-order chi connectivity index (χ1) is 9.66. The highest BCUT2D eigenvalue weighted by atomic mass is 35.5. The van der Waals surface area contributed by atoms with Crippen LogP contribution in [0.3, 0.4) is 0 Å². The van der Waals surface area contributed by atoms with Gasteiger partial charge in [-0.1, -0.05) is 35.9 Å². The zero-order valence-corrected chi connectivity index (χ0v) is 11.5. The molecule has 2 aromatic rings. The van der Waals surface area contributed by atoms with Crippen molar-refractivity contribution in [2.75, 3.05) is 18.5 Å². The Labute approximate surface area is 122 Å². The lowest BCUT2D eigenvalue weighted by atomic mass is 10.3. The Bertz CT molecular complexity index is 516. The minimum atomic E-state index is -0.772. The second-order valence-electron chi connectivity index (χ2n) is 4.26. The number of halogens is 2. The molecule has 0 bridgehead atoms. The van der Waals surface area contributed by atoms with Gasteiger partial charge >= 0.3 is 0 Å². The first kappa shape index (κ1) is 14.6. The van der Waals surface area contributed by atoms with Crippen LogP contribution in [-0.2, 0) is 0 Å². The molecule has 2 N–H and O–H groups in total. The van der Waals surface area contributed by atoms with Crippen LogP contribution in [0.5, 0.6) is 5.75 Å². The van der Waals surface area contributed by atoms with Crippen LogP contribution in [0.2, 0.25) is 5.02 Å². The molecule has 0 fully saturated rings. The van der Waals surface area contributed by atoms with Gasteiger partial charge < -0.3 is 15.2 Å². The first-order valence-corrected chi connectivity index (χ1v) is 6.58. The van der Waals surface area contributed by atoms with E-state index in [-0.39, 0.29) is 19.0 Å². The molecule has 0 aliphatic heterocycles. The van der Waals surface area contributed by atoms with Gasteiger partial charge in [-0.05, 0) is 24.3 Å². The molecule has 0 aliphatic rings. The fourth-order valence-electron chi connectivity index (χ4n) is 1.64. The molecule has 2 rings (SSSR count). The fourth-order valence-corrected chi connectivity index (χ4v) is 1.83. The number of benzene rings is 2. The van der Waals surface area contributed by atoms with Crippen LogP contribution in [0.25, 0.3) is 0 Å². The third-order valence-electron chi connectivity index (χ3n) is 2.67. The number of anilines is 1. The molecule has 0 amide bonds. The highest BCUT2D eigenvalue weighted by Crippen LogP contribution is 2.23. The van der Waals surface area contributed by atoms with Gasteiger partial charge in [0.1, 0.15) is 24.3 Å². The summed E-state index contributed by atoms with van der Waals surface area (Å²) in [6, 6.07) is 13.3. The molecule has 0 saturated heterocycles. The number of nitrogens with one attached hydrogen (secondary N) is 1. The van der Waals surface area contributed by atoms with Gasteiger partial charge in [-0.25, -0.2) is 4.39 Å². The molecule has 0 aliphatic carbocycles. The Morgan fingerprint density at radius 3 is 2.60 bits per heavy atom. The third-order valence-corrected chi connectivity index (χ3v) is 2.98. The van der Waals surface area contributed by atoms with Crippen molar-refractivity contribution in [2.24, 2.45) is 0 Å². The predicted molar refractivity (Wildman–Crippen MR) is 77.8 cm³/mol. The smallest absolute Gasteiger partial charge is 0.146 e.